The smallest absolute Gasteiger partial charge is 0.385 e. The summed E-state index contributed by atoms with van der Waals surface area (Å²) in [7, 11) is 0. The van der Waals surface area contributed by atoms with Crippen molar-refractivity contribution in [2.24, 2.45) is 0 Å². The van der Waals surface area contributed by atoms with Crippen molar-refractivity contribution in [2.75, 3.05) is 18.4 Å². The molecule has 0 spiro atoms. The van der Waals surface area contributed by atoms with Crippen LogP contribution in [0.25, 0.3) is 0 Å². The Kier molecular flexibility index (Phi) is 4.15. The first-order chi connectivity index (χ1) is 9.42. The van der Waals surface area contributed by atoms with Crippen molar-refractivity contribution >= 4 is 11.6 Å². The van der Waals surface area contributed by atoms with Crippen LogP contribution in [0.1, 0.15) is 30.1 Å². The molecule has 1 aromatic rings. The molecule has 0 aromatic carbocycles. The number of hydrogen-bond donors (Lipinski definition) is 1. The number of hydrogen-bond acceptors (Lipinski definition) is 3. The van der Waals surface area contributed by atoms with E-state index in [0.717, 1.165) is 4.90 Å². The number of pyridine rings is 1. The Hall–Kier alpha value is -1.79. The van der Waals surface area contributed by atoms with Crippen molar-refractivity contribution in [3.8, 4) is 0 Å². The molecule has 110 valence electrons. The lowest BCUT2D eigenvalue weighted by Gasteiger charge is -2.24. The van der Waals surface area contributed by atoms with Crippen LogP contribution >= 0.6 is 0 Å². The second kappa shape index (κ2) is 5.68. The second-order valence-corrected chi connectivity index (χ2v) is 4.73. The van der Waals surface area contributed by atoms with E-state index >= 15 is 0 Å². The fourth-order valence-corrected chi connectivity index (χ4v) is 2.01. The topological polar surface area (TPSA) is 45.2 Å². The van der Waals surface area contributed by atoms with Crippen LogP contribution in [0.15, 0.2) is 18.5 Å². The lowest BCUT2D eigenvalue weighted by Crippen LogP contribution is -2.40. The van der Waals surface area contributed by atoms with E-state index in [1.807, 2.05) is 6.92 Å². The average Bonchev–Trinajstić information content (AvgIpc) is 3.19. The minimum absolute atomic E-state index is 0.186. The van der Waals surface area contributed by atoms with Gasteiger partial charge in [0.25, 0.3) is 5.91 Å². The van der Waals surface area contributed by atoms with E-state index in [0.29, 0.717) is 25.1 Å². The molecule has 1 amide bonds. The van der Waals surface area contributed by atoms with Gasteiger partial charge in [0, 0.05) is 25.0 Å². The number of nitrogens with zero attached hydrogens (tertiary/aromatic N) is 2. The highest BCUT2D eigenvalue weighted by Gasteiger charge is 2.41. The molecular formula is C13H16F3N3O. The normalized spacial score (nSPS) is 15.0. The van der Waals surface area contributed by atoms with Crippen molar-refractivity contribution < 1.29 is 18.0 Å². The third-order valence-electron chi connectivity index (χ3n) is 3.02. The van der Waals surface area contributed by atoms with E-state index in [2.05, 4.69) is 10.3 Å². The summed E-state index contributed by atoms with van der Waals surface area (Å²) in [5.41, 5.74) is 0.700. The third-order valence-corrected chi connectivity index (χ3v) is 3.02. The van der Waals surface area contributed by atoms with Gasteiger partial charge in [-0.05, 0) is 25.8 Å². The lowest BCUT2D eigenvalue weighted by atomic mass is 10.2. The zero-order valence-electron chi connectivity index (χ0n) is 11.1. The third kappa shape index (κ3) is 3.61. The lowest BCUT2D eigenvalue weighted by molar-refractivity contribution is -0.141. The Labute approximate surface area is 115 Å². The van der Waals surface area contributed by atoms with Gasteiger partial charge in [-0.2, -0.15) is 13.2 Å². The molecule has 1 fully saturated rings. The van der Waals surface area contributed by atoms with Gasteiger partial charge in [-0.1, -0.05) is 0 Å². The van der Waals surface area contributed by atoms with Gasteiger partial charge in [0.15, 0.2) is 0 Å². The van der Waals surface area contributed by atoms with Gasteiger partial charge in [0.1, 0.15) is 6.54 Å². The zero-order valence-corrected chi connectivity index (χ0v) is 11.1. The molecule has 1 heterocycles. The number of anilines is 1. The molecule has 1 aromatic heterocycles. The number of carbonyl (C=O) groups is 1. The van der Waals surface area contributed by atoms with E-state index in [-0.39, 0.29) is 11.6 Å². The summed E-state index contributed by atoms with van der Waals surface area (Å²) in [6.45, 7) is 1.22. The summed E-state index contributed by atoms with van der Waals surface area (Å²) in [5.74, 6) is -0.617. The second-order valence-electron chi connectivity index (χ2n) is 4.73. The van der Waals surface area contributed by atoms with E-state index in [4.69, 9.17) is 0 Å². The monoisotopic (exact) mass is 287 g/mol. The highest BCUT2D eigenvalue weighted by Crippen LogP contribution is 2.32. The molecule has 20 heavy (non-hydrogen) atoms. The Morgan fingerprint density at radius 1 is 1.50 bits per heavy atom. The molecule has 2 rings (SSSR count). The molecule has 0 atom stereocenters. The maximum atomic E-state index is 12.6. The Balaban J connectivity index is 2.23. The summed E-state index contributed by atoms with van der Waals surface area (Å²) < 4.78 is 37.8. The Morgan fingerprint density at radius 2 is 2.20 bits per heavy atom. The first kappa shape index (κ1) is 14.6. The summed E-state index contributed by atoms with van der Waals surface area (Å²) in [4.78, 5) is 17.1. The molecule has 0 unspecified atom stereocenters. The first-order valence-corrected chi connectivity index (χ1v) is 6.48. The number of amides is 1. The first-order valence-electron chi connectivity index (χ1n) is 6.48. The highest BCUT2D eigenvalue weighted by molar-refractivity contribution is 5.99. The zero-order chi connectivity index (χ0) is 14.8. The van der Waals surface area contributed by atoms with E-state index in [1.165, 1.54) is 12.4 Å². The number of aromatic nitrogens is 1. The molecule has 0 radical (unpaired) electrons. The van der Waals surface area contributed by atoms with Crippen molar-refractivity contribution in [3.05, 3.63) is 24.0 Å². The van der Waals surface area contributed by atoms with Crippen molar-refractivity contribution in [1.82, 2.24) is 9.88 Å². The van der Waals surface area contributed by atoms with Crippen LogP contribution in [0.3, 0.4) is 0 Å². The Bertz CT molecular complexity index is 486. The quantitative estimate of drug-likeness (QED) is 0.905. The standard InChI is InChI=1S/C13H16F3N3O/c1-2-18-11-5-6-17-7-10(11)12(20)19(9-3-4-9)8-13(14,15)16/h5-7,9H,2-4,8H2,1H3,(H,17,18). The molecule has 1 saturated carbocycles. The van der Waals surface area contributed by atoms with Gasteiger partial charge in [0.05, 0.1) is 11.3 Å². The van der Waals surface area contributed by atoms with Crippen molar-refractivity contribution in [2.45, 2.75) is 32.0 Å². The minimum Gasteiger partial charge on any atom is -0.385 e. The van der Waals surface area contributed by atoms with Crippen LogP contribution in [0, 0.1) is 0 Å². The molecule has 1 aliphatic rings. The molecule has 4 nitrogen and oxygen atoms in total. The Morgan fingerprint density at radius 3 is 2.75 bits per heavy atom. The van der Waals surface area contributed by atoms with Gasteiger partial charge < -0.3 is 10.2 Å². The van der Waals surface area contributed by atoms with E-state index < -0.39 is 18.6 Å². The van der Waals surface area contributed by atoms with Gasteiger partial charge in [0.2, 0.25) is 0 Å². The molecule has 0 aliphatic heterocycles. The molecule has 1 aliphatic carbocycles. The molecule has 1 N–H and O–H groups in total. The maximum absolute atomic E-state index is 12.6. The SMILES string of the molecule is CCNc1ccncc1C(=O)N(CC(F)(F)F)C1CC1. The molecule has 7 heteroatoms. The van der Waals surface area contributed by atoms with Gasteiger partial charge in [-0.15, -0.1) is 0 Å². The predicted molar refractivity (Wildman–Crippen MR) is 68.5 cm³/mol. The molecule has 0 saturated heterocycles. The van der Waals surface area contributed by atoms with Gasteiger partial charge in [-0.3, -0.25) is 9.78 Å². The fourth-order valence-electron chi connectivity index (χ4n) is 2.01. The van der Waals surface area contributed by atoms with Crippen molar-refractivity contribution in [1.29, 1.82) is 0 Å². The average molecular weight is 287 g/mol. The van der Waals surface area contributed by atoms with Crippen molar-refractivity contribution in [3.63, 3.8) is 0 Å². The van der Waals surface area contributed by atoms with E-state index in [1.54, 1.807) is 6.07 Å². The summed E-state index contributed by atoms with van der Waals surface area (Å²) in [6, 6.07) is 1.29. The summed E-state index contributed by atoms with van der Waals surface area (Å²) in [6.07, 6.45) is -0.331. The van der Waals surface area contributed by atoms with Gasteiger partial charge >= 0.3 is 6.18 Å². The van der Waals surface area contributed by atoms with Crippen LogP contribution in [-0.4, -0.2) is 41.1 Å². The largest absolute Gasteiger partial charge is 0.406 e. The van der Waals surface area contributed by atoms with Crippen LogP contribution in [-0.2, 0) is 0 Å². The summed E-state index contributed by atoms with van der Waals surface area (Å²) in [5, 5.41) is 2.97. The minimum atomic E-state index is -4.39. The number of carbonyl (C=O) groups excluding carboxylic acids is 1. The number of rotatable bonds is 5. The van der Waals surface area contributed by atoms with E-state index in [9.17, 15) is 18.0 Å². The van der Waals surface area contributed by atoms with Crippen LogP contribution in [0.5, 0.6) is 0 Å². The maximum Gasteiger partial charge on any atom is 0.406 e. The fraction of sp³-hybridized carbons (Fsp3) is 0.538. The highest BCUT2D eigenvalue weighted by atomic mass is 19.4. The molecule has 0 bridgehead atoms. The molecular weight excluding hydrogens is 271 g/mol. The van der Waals surface area contributed by atoms with Crippen LogP contribution < -0.4 is 5.32 Å². The predicted octanol–water partition coefficient (Wildman–Crippen LogP) is 2.68. The van der Waals surface area contributed by atoms with Crippen LogP contribution in [0.4, 0.5) is 18.9 Å². The number of nitrogens with one attached hydrogen (secondary N) is 1. The number of alkyl halides is 3. The number of halogens is 3. The van der Waals surface area contributed by atoms with Crippen LogP contribution in [0.2, 0.25) is 0 Å². The van der Waals surface area contributed by atoms with Gasteiger partial charge in [-0.25, -0.2) is 0 Å². The summed E-state index contributed by atoms with van der Waals surface area (Å²) >= 11 is 0.